The first kappa shape index (κ1) is 18.4. The second-order valence-electron chi connectivity index (χ2n) is 8.17. The van der Waals surface area contributed by atoms with Crippen LogP contribution in [0.1, 0.15) is 5.56 Å². The van der Waals surface area contributed by atoms with Crippen LogP contribution in [0, 0.1) is 12.3 Å². The van der Waals surface area contributed by atoms with Crippen LogP contribution in [0.25, 0.3) is 54.6 Å². The van der Waals surface area contributed by atoms with Crippen LogP contribution in [0.15, 0.2) is 115 Å². The van der Waals surface area contributed by atoms with Gasteiger partial charge in [-0.25, -0.2) is 0 Å². The lowest BCUT2D eigenvalue weighted by atomic mass is 9.86. The third-order valence-electron chi connectivity index (χ3n) is 6.25. The van der Waals surface area contributed by atoms with Crippen LogP contribution in [0.2, 0.25) is 0 Å². The first-order chi connectivity index (χ1) is 15.8. The molecule has 32 heavy (non-hydrogen) atoms. The molecule has 6 aromatic rings. The fourth-order valence-electron chi connectivity index (χ4n) is 4.74. The zero-order chi connectivity index (χ0) is 21.5. The molecule has 0 atom stereocenters. The van der Waals surface area contributed by atoms with Gasteiger partial charge in [0.05, 0.1) is 0 Å². The van der Waals surface area contributed by atoms with Gasteiger partial charge in [0.25, 0.3) is 0 Å². The minimum Gasteiger partial charge on any atom is -0.115 e. The van der Waals surface area contributed by atoms with Gasteiger partial charge in [0.1, 0.15) is 0 Å². The number of hydrogen-bond donors (Lipinski definition) is 0. The fraction of sp³-hybridized carbons (Fsp3) is 0. The van der Waals surface area contributed by atoms with Crippen molar-refractivity contribution in [2.45, 2.75) is 0 Å². The van der Waals surface area contributed by atoms with Gasteiger partial charge in [0.15, 0.2) is 0 Å². The van der Waals surface area contributed by atoms with Crippen LogP contribution in [0.4, 0.5) is 0 Å². The Balaban J connectivity index is 1.76. The quantitative estimate of drug-likeness (QED) is 0.200. The molecule has 0 spiro atoms. The van der Waals surface area contributed by atoms with Gasteiger partial charge in [-0.3, -0.25) is 0 Å². The van der Waals surface area contributed by atoms with Gasteiger partial charge in [0.2, 0.25) is 0 Å². The Morgan fingerprint density at radius 3 is 1.62 bits per heavy atom. The standard InChI is InChI=1S/C32H20/c1-2-29-30-20-27-18-25-16-10-9-15-24(25)17-26(27)19-28(30)21-31(22-11-5-3-6-12-22)32(29)23-13-7-4-8-14-23/h1,3-21H. The summed E-state index contributed by atoms with van der Waals surface area (Å²) in [5.41, 5.74) is 5.54. The molecular formula is C32H20. The Hall–Kier alpha value is -4.34. The maximum atomic E-state index is 6.19. The lowest BCUT2D eigenvalue weighted by Gasteiger charge is -2.17. The molecule has 0 unspecified atom stereocenters. The van der Waals surface area contributed by atoms with Crippen LogP contribution >= 0.6 is 0 Å². The van der Waals surface area contributed by atoms with E-state index in [9.17, 15) is 0 Å². The third kappa shape index (κ3) is 2.96. The van der Waals surface area contributed by atoms with Crippen molar-refractivity contribution >= 4 is 32.3 Å². The first-order valence-corrected chi connectivity index (χ1v) is 10.8. The molecule has 0 heteroatoms. The molecular weight excluding hydrogens is 384 g/mol. The summed E-state index contributed by atoms with van der Waals surface area (Å²) in [6.45, 7) is 0. The Morgan fingerprint density at radius 1 is 0.469 bits per heavy atom. The van der Waals surface area contributed by atoms with Crippen molar-refractivity contribution < 1.29 is 0 Å². The largest absolute Gasteiger partial charge is 0.115 e. The van der Waals surface area contributed by atoms with Gasteiger partial charge in [-0.05, 0) is 79.3 Å². The highest BCUT2D eigenvalue weighted by atomic mass is 14.2. The van der Waals surface area contributed by atoms with Crippen LogP contribution < -0.4 is 0 Å². The first-order valence-electron chi connectivity index (χ1n) is 10.8. The Kier molecular flexibility index (Phi) is 4.27. The van der Waals surface area contributed by atoms with Gasteiger partial charge in [-0.1, -0.05) is 90.8 Å². The van der Waals surface area contributed by atoms with Crippen molar-refractivity contribution in [1.82, 2.24) is 0 Å². The minimum absolute atomic E-state index is 0.947. The second kappa shape index (κ2) is 7.41. The van der Waals surface area contributed by atoms with Crippen molar-refractivity contribution in [3.8, 4) is 34.6 Å². The van der Waals surface area contributed by atoms with Gasteiger partial charge < -0.3 is 0 Å². The number of rotatable bonds is 2. The van der Waals surface area contributed by atoms with Crippen molar-refractivity contribution in [1.29, 1.82) is 0 Å². The van der Waals surface area contributed by atoms with Crippen molar-refractivity contribution in [3.63, 3.8) is 0 Å². The third-order valence-corrected chi connectivity index (χ3v) is 6.25. The maximum Gasteiger partial charge on any atom is 0.0405 e. The highest BCUT2D eigenvalue weighted by Gasteiger charge is 2.16. The second-order valence-corrected chi connectivity index (χ2v) is 8.17. The van der Waals surface area contributed by atoms with Crippen molar-refractivity contribution in [2.75, 3.05) is 0 Å². The molecule has 6 aromatic carbocycles. The van der Waals surface area contributed by atoms with E-state index in [1.54, 1.807) is 0 Å². The fourth-order valence-corrected chi connectivity index (χ4v) is 4.74. The van der Waals surface area contributed by atoms with Crippen molar-refractivity contribution in [3.05, 3.63) is 121 Å². The number of hydrogen-bond acceptors (Lipinski definition) is 0. The molecule has 0 saturated heterocycles. The van der Waals surface area contributed by atoms with E-state index in [0.29, 0.717) is 0 Å². The highest BCUT2D eigenvalue weighted by Crippen LogP contribution is 2.40. The molecule has 6 rings (SSSR count). The van der Waals surface area contributed by atoms with E-state index in [0.717, 1.165) is 27.6 Å². The summed E-state index contributed by atoms with van der Waals surface area (Å²) in [6, 6.07) is 40.8. The zero-order valence-corrected chi connectivity index (χ0v) is 17.5. The molecule has 0 nitrogen and oxygen atoms in total. The molecule has 148 valence electrons. The molecule has 0 heterocycles. The Labute approximate surface area is 187 Å². The summed E-state index contributed by atoms with van der Waals surface area (Å²) < 4.78 is 0. The Morgan fingerprint density at radius 2 is 1.00 bits per heavy atom. The van der Waals surface area contributed by atoms with E-state index in [1.165, 1.54) is 32.5 Å². The molecule has 0 aromatic heterocycles. The van der Waals surface area contributed by atoms with E-state index in [-0.39, 0.29) is 0 Å². The number of fused-ring (bicyclic) bond motifs is 3. The van der Waals surface area contributed by atoms with Gasteiger partial charge in [0, 0.05) is 11.1 Å². The smallest absolute Gasteiger partial charge is 0.0405 e. The SMILES string of the molecule is C#Cc1c(-c2ccccc2)c(-c2ccccc2)cc2cc3cc4ccccc4cc3cc12. The monoisotopic (exact) mass is 404 g/mol. The molecule has 0 aliphatic heterocycles. The lowest BCUT2D eigenvalue weighted by molar-refractivity contribution is 1.59. The van der Waals surface area contributed by atoms with Crippen LogP contribution in [0.3, 0.4) is 0 Å². The van der Waals surface area contributed by atoms with Gasteiger partial charge in [-0.15, -0.1) is 6.42 Å². The molecule has 0 amide bonds. The van der Waals surface area contributed by atoms with E-state index in [2.05, 4.69) is 109 Å². The lowest BCUT2D eigenvalue weighted by Crippen LogP contribution is -1.93. The van der Waals surface area contributed by atoms with Crippen LogP contribution in [-0.2, 0) is 0 Å². The van der Waals surface area contributed by atoms with Gasteiger partial charge >= 0.3 is 0 Å². The van der Waals surface area contributed by atoms with Crippen LogP contribution in [0.5, 0.6) is 0 Å². The average Bonchev–Trinajstić information content (AvgIpc) is 2.86. The van der Waals surface area contributed by atoms with E-state index in [1.807, 2.05) is 12.1 Å². The molecule has 0 radical (unpaired) electrons. The average molecular weight is 405 g/mol. The maximum absolute atomic E-state index is 6.19. The summed E-state index contributed by atoms with van der Waals surface area (Å²) >= 11 is 0. The summed E-state index contributed by atoms with van der Waals surface area (Å²) in [6.07, 6.45) is 6.19. The Bertz CT molecular complexity index is 1650. The molecule has 0 N–H and O–H groups in total. The predicted molar refractivity (Wildman–Crippen MR) is 138 cm³/mol. The zero-order valence-electron chi connectivity index (χ0n) is 17.5. The van der Waals surface area contributed by atoms with E-state index in [4.69, 9.17) is 6.42 Å². The minimum atomic E-state index is 0.947. The molecule has 0 bridgehead atoms. The van der Waals surface area contributed by atoms with E-state index >= 15 is 0 Å². The van der Waals surface area contributed by atoms with E-state index < -0.39 is 0 Å². The molecule has 0 aliphatic rings. The normalized spacial score (nSPS) is 11.1. The summed E-state index contributed by atoms with van der Waals surface area (Å²) in [5.74, 6) is 3.05. The number of terminal acetylenes is 1. The molecule has 0 saturated carbocycles. The highest BCUT2D eigenvalue weighted by molar-refractivity contribution is 6.10. The molecule has 0 aliphatic carbocycles. The summed E-state index contributed by atoms with van der Waals surface area (Å²) in [4.78, 5) is 0. The molecule has 0 fully saturated rings. The van der Waals surface area contributed by atoms with Crippen LogP contribution in [-0.4, -0.2) is 0 Å². The topological polar surface area (TPSA) is 0 Å². The predicted octanol–water partition coefficient (Wildman–Crippen LogP) is 8.46. The van der Waals surface area contributed by atoms with Gasteiger partial charge in [-0.2, -0.15) is 0 Å². The summed E-state index contributed by atoms with van der Waals surface area (Å²) in [7, 11) is 0. The van der Waals surface area contributed by atoms with Crippen molar-refractivity contribution in [2.24, 2.45) is 0 Å². The number of benzene rings is 6. The summed E-state index contributed by atoms with van der Waals surface area (Å²) in [5, 5.41) is 7.21.